The summed E-state index contributed by atoms with van der Waals surface area (Å²) >= 11 is 0. The molecule has 5 nitrogen and oxygen atoms in total. The fraction of sp³-hybridized carbons (Fsp3) is 0.278. The third-order valence-electron chi connectivity index (χ3n) is 3.72. The Kier molecular flexibility index (Phi) is 5.75. The topological polar surface area (TPSA) is 83.5 Å². The molecule has 0 amide bonds. The van der Waals surface area contributed by atoms with Gasteiger partial charge in [-0.3, -0.25) is 4.79 Å². The van der Waals surface area contributed by atoms with Crippen molar-refractivity contribution in [2.75, 3.05) is 18.1 Å². The Bertz CT molecular complexity index is 827. The van der Waals surface area contributed by atoms with Gasteiger partial charge in [0.2, 0.25) is 0 Å². The number of rotatable bonds is 7. The first-order valence-electron chi connectivity index (χ1n) is 7.59. The zero-order chi connectivity index (χ0) is 17.7. The summed E-state index contributed by atoms with van der Waals surface area (Å²) in [5, 5.41) is 12.1. The minimum atomic E-state index is -3.38. The smallest absolute Gasteiger partial charge is 0.177 e. The van der Waals surface area contributed by atoms with Crippen LogP contribution in [0.3, 0.4) is 0 Å². The van der Waals surface area contributed by atoms with Gasteiger partial charge in [0.1, 0.15) is 0 Å². The molecule has 2 aromatic rings. The van der Waals surface area contributed by atoms with E-state index in [1.54, 1.807) is 6.07 Å². The van der Waals surface area contributed by atoms with E-state index in [9.17, 15) is 13.2 Å². The lowest BCUT2D eigenvalue weighted by Crippen LogP contribution is -2.10. The van der Waals surface area contributed by atoms with E-state index in [-0.39, 0.29) is 17.3 Å². The van der Waals surface area contributed by atoms with Gasteiger partial charge in [-0.25, -0.2) is 8.42 Å². The second-order valence-electron chi connectivity index (χ2n) is 5.69. The summed E-state index contributed by atoms with van der Waals surface area (Å²) in [6.07, 6.45) is 1.84. The summed E-state index contributed by atoms with van der Waals surface area (Å²) in [6, 6.07) is 12.1. The molecule has 0 bridgehead atoms. The number of ketones is 1. The van der Waals surface area contributed by atoms with Crippen LogP contribution in [0.15, 0.2) is 47.4 Å². The third-order valence-corrected chi connectivity index (χ3v) is 4.88. The quantitative estimate of drug-likeness (QED) is 0.752. The van der Waals surface area contributed by atoms with Crippen LogP contribution in [0.1, 0.15) is 28.4 Å². The molecule has 0 atom stereocenters. The Hall–Kier alpha value is -2.18. The highest BCUT2D eigenvalue weighted by atomic mass is 32.2. The molecule has 128 valence electrons. The first-order chi connectivity index (χ1) is 11.3. The number of anilines is 1. The number of hydrogen-bond donors (Lipinski definition) is 2. The summed E-state index contributed by atoms with van der Waals surface area (Å²) in [6.45, 7) is 1.98. The van der Waals surface area contributed by atoms with Gasteiger partial charge in [0, 0.05) is 18.4 Å². The number of aliphatic hydroxyl groups is 1. The maximum Gasteiger partial charge on any atom is 0.177 e. The molecule has 0 aliphatic carbocycles. The monoisotopic (exact) mass is 347 g/mol. The molecule has 0 saturated heterocycles. The summed E-state index contributed by atoms with van der Waals surface area (Å²) in [5.41, 5.74) is 2.83. The summed E-state index contributed by atoms with van der Waals surface area (Å²) in [7, 11) is -3.38. The Morgan fingerprint density at radius 2 is 1.71 bits per heavy atom. The molecule has 0 heterocycles. The Labute approximate surface area is 142 Å². The first kappa shape index (κ1) is 18.2. The average molecular weight is 347 g/mol. The number of Topliss-reactive ketones (excluding diaryl/α,β-unsaturated/α-hetero) is 1. The molecule has 0 aliphatic heterocycles. The van der Waals surface area contributed by atoms with Crippen molar-refractivity contribution in [1.29, 1.82) is 0 Å². The number of carbonyl (C=O) groups excluding carboxylic acids is 1. The van der Waals surface area contributed by atoms with E-state index in [0.29, 0.717) is 24.2 Å². The predicted octanol–water partition coefficient (Wildman–Crippen LogP) is 2.44. The predicted molar refractivity (Wildman–Crippen MR) is 94.1 cm³/mol. The maximum absolute atomic E-state index is 11.9. The fourth-order valence-electron chi connectivity index (χ4n) is 2.36. The van der Waals surface area contributed by atoms with Crippen LogP contribution in [-0.2, 0) is 22.9 Å². The highest BCUT2D eigenvalue weighted by Crippen LogP contribution is 2.23. The third kappa shape index (κ3) is 4.66. The minimum Gasteiger partial charge on any atom is -0.392 e. The van der Waals surface area contributed by atoms with Crippen molar-refractivity contribution in [2.24, 2.45) is 0 Å². The highest BCUT2D eigenvalue weighted by Gasteiger charge is 2.14. The van der Waals surface area contributed by atoms with Crippen LogP contribution >= 0.6 is 0 Å². The lowest BCUT2D eigenvalue weighted by molar-refractivity contribution is 0.101. The van der Waals surface area contributed by atoms with E-state index >= 15 is 0 Å². The molecule has 0 fully saturated rings. The van der Waals surface area contributed by atoms with Crippen molar-refractivity contribution in [3.8, 4) is 0 Å². The van der Waals surface area contributed by atoms with E-state index < -0.39 is 9.84 Å². The van der Waals surface area contributed by atoms with Crippen LogP contribution in [0.2, 0.25) is 0 Å². The van der Waals surface area contributed by atoms with E-state index in [2.05, 4.69) is 5.32 Å². The molecule has 0 aromatic heterocycles. The molecule has 0 saturated carbocycles. The fourth-order valence-corrected chi connectivity index (χ4v) is 3.21. The van der Waals surface area contributed by atoms with Gasteiger partial charge < -0.3 is 10.4 Å². The number of sulfone groups is 1. The van der Waals surface area contributed by atoms with Gasteiger partial charge >= 0.3 is 0 Å². The zero-order valence-electron chi connectivity index (χ0n) is 13.7. The van der Waals surface area contributed by atoms with Crippen LogP contribution in [-0.4, -0.2) is 32.1 Å². The minimum absolute atomic E-state index is 0.00802. The number of nitrogens with one attached hydrogen (secondary N) is 1. The molecule has 0 radical (unpaired) electrons. The summed E-state index contributed by atoms with van der Waals surface area (Å²) in [5.74, 6) is -0.113. The molecule has 0 spiro atoms. The van der Waals surface area contributed by atoms with Crippen molar-refractivity contribution in [3.05, 3.63) is 59.2 Å². The van der Waals surface area contributed by atoms with E-state index in [1.807, 2.05) is 24.3 Å². The summed E-state index contributed by atoms with van der Waals surface area (Å²) in [4.78, 5) is 11.7. The van der Waals surface area contributed by atoms with Gasteiger partial charge in [0.05, 0.1) is 17.2 Å². The Balaban J connectivity index is 2.14. The standard InChI is InChI=1S/C18H21NO4S/c1-13(21)16-7-8-18(24(2,22)23)17(11-16)19-10-9-14-3-5-15(12-20)6-4-14/h3-8,11,19-20H,9-10,12H2,1-2H3. The first-order valence-corrected chi connectivity index (χ1v) is 9.48. The molecule has 24 heavy (non-hydrogen) atoms. The van der Waals surface area contributed by atoms with Crippen molar-refractivity contribution in [3.63, 3.8) is 0 Å². The van der Waals surface area contributed by atoms with Gasteiger partial charge in [-0.1, -0.05) is 24.3 Å². The van der Waals surface area contributed by atoms with Gasteiger partial charge in [-0.05, 0) is 42.7 Å². The van der Waals surface area contributed by atoms with E-state index in [4.69, 9.17) is 5.11 Å². The van der Waals surface area contributed by atoms with Crippen LogP contribution in [0.4, 0.5) is 5.69 Å². The SMILES string of the molecule is CC(=O)c1ccc(S(C)(=O)=O)c(NCCc2ccc(CO)cc2)c1. The molecule has 0 unspecified atom stereocenters. The van der Waals surface area contributed by atoms with Crippen molar-refractivity contribution in [1.82, 2.24) is 0 Å². The van der Waals surface area contributed by atoms with Crippen LogP contribution < -0.4 is 5.32 Å². The second kappa shape index (κ2) is 7.59. The van der Waals surface area contributed by atoms with Gasteiger partial charge in [-0.2, -0.15) is 0 Å². The highest BCUT2D eigenvalue weighted by molar-refractivity contribution is 7.90. The molecular weight excluding hydrogens is 326 g/mol. The average Bonchev–Trinajstić information content (AvgIpc) is 2.54. The largest absolute Gasteiger partial charge is 0.392 e. The van der Waals surface area contributed by atoms with Gasteiger partial charge in [-0.15, -0.1) is 0 Å². The maximum atomic E-state index is 11.9. The molecular formula is C18H21NO4S. The summed E-state index contributed by atoms with van der Waals surface area (Å²) < 4.78 is 23.8. The lowest BCUT2D eigenvalue weighted by Gasteiger charge is -2.12. The second-order valence-corrected chi connectivity index (χ2v) is 7.67. The van der Waals surface area contributed by atoms with Crippen molar-refractivity contribution < 1.29 is 18.3 Å². The number of aliphatic hydroxyl groups excluding tert-OH is 1. The van der Waals surface area contributed by atoms with E-state index in [0.717, 1.165) is 17.4 Å². The molecule has 6 heteroatoms. The van der Waals surface area contributed by atoms with Crippen molar-refractivity contribution in [2.45, 2.75) is 24.8 Å². The normalized spacial score (nSPS) is 11.3. The van der Waals surface area contributed by atoms with Crippen molar-refractivity contribution >= 4 is 21.3 Å². The number of hydrogen-bond acceptors (Lipinski definition) is 5. The van der Waals surface area contributed by atoms with Gasteiger partial charge in [0.25, 0.3) is 0 Å². The molecule has 0 aliphatic rings. The Morgan fingerprint density at radius 3 is 2.25 bits per heavy atom. The van der Waals surface area contributed by atoms with E-state index in [1.165, 1.54) is 19.1 Å². The molecule has 2 aromatic carbocycles. The van der Waals surface area contributed by atoms with Crippen LogP contribution in [0.5, 0.6) is 0 Å². The van der Waals surface area contributed by atoms with Crippen LogP contribution in [0.25, 0.3) is 0 Å². The zero-order valence-corrected chi connectivity index (χ0v) is 14.6. The van der Waals surface area contributed by atoms with Crippen LogP contribution in [0, 0.1) is 0 Å². The van der Waals surface area contributed by atoms with Gasteiger partial charge in [0.15, 0.2) is 15.6 Å². The number of benzene rings is 2. The Morgan fingerprint density at radius 1 is 1.08 bits per heavy atom. The number of carbonyl (C=O) groups is 1. The lowest BCUT2D eigenvalue weighted by atomic mass is 10.1. The molecule has 2 rings (SSSR count). The molecule has 2 N–H and O–H groups in total.